The Labute approximate surface area is 56.6 Å². The van der Waals surface area contributed by atoms with E-state index >= 15 is 0 Å². The predicted octanol–water partition coefficient (Wildman–Crippen LogP) is 2.82. The van der Waals surface area contributed by atoms with Gasteiger partial charge in [0.2, 0.25) is 5.85 Å². The highest BCUT2D eigenvalue weighted by Gasteiger charge is 2.53. The largest absolute Gasteiger partial charge is 0.339 e. The van der Waals surface area contributed by atoms with Crippen LogP contribution in [0.5, 0.6) is 0 Å². The Balaban J connectivity index is 2.36. The molecule has 7 heavy (non-hydrogen) atoms. The summed E-state index contributed by atoms with van der Waals surface area (Å²) in [6.07, 6.45) is 0. The van der Waals surface area contributed by atoms with Crippen LogP contribution in [0.15, 0.2) is 0 Å². The summed E-state index contributed by atoms with van der Waals surface area (Å²) in [5.41, 5.74) is 0. The van der Waals surface area contributed by atoms with Crippen LogP contribution in [-0.4, -0.2) is 12.5 Å². The number of halogens is 3. The second kappa shape index (κ2) is 1.89. The summed E-state index contributed by atoms with van der Waals surface area (Å²) in [5.74, 6) is -0.0440. The van der Waals surface area contributed by atoms with E-state index in [0.29, 0.717) is 6.61 Å². The molecule has 1 rings (SSSR count). The van der Waals surface area contributed by atoms with E-state index in [4.69, 9.17) is 38.5 Å². The molecule has 0 radical (unpaired) electrons. The van der Waals surface area contributed by atoms with Gasteiger partial charge in [0.1, 0.15) is 40.3 Å². The van der Waals surface area contributed by atoms with Crippen molar-refractivity contribution in [3.05, 3.63) is 0 Å². The third-order valence-electron chi connectivity index (χ3n) is 0.642. The lowest BCUT2D eigenvalue weighted by Crippen LogP contribution is -1.72. The van der Waals surface area contributed by atoms with Crippen LogP contribution in [0.1, 0.15) is 0 Å². The molecular formula is C2H3Cl3OP+. The number of hydrogen-bond donors (Lipinski definition) is 0. The highest BCUT2D eigenvalue weighted by Crippen LogP contribution is 2.80. The number of epoxide rings is 1. The van der Waals surface area contributed by atoms with Crippen LogP contribution >= 0.6 is 39.0 Å². The monoisotopic (exact) mass is 179 g/mol. The van der Waals surface area contributed by atoms with E-state index in [1.54, 1.807) is 0 Å². The Morgan fingerprint density at radius 3 is 1.86 bits per heavy atom. The highest BCUT2D eigenvalue weighted by atomic mass is 36.1. The SMILES string of the molecule is Cl[P+](Cl)(Cl)C1CO1. The molecule has 0 amide bonds. The van der Waals surface area contributed by atoms with Gasteiger partial charge in [-0.15, -0.1) is 0 Å². The molecule has 0 aromatic heterocycles. The van der Waals surface area contributed by atoms with Crippen LogP contribution in [0.3, 0.4) is 0 Å². The van der Waals surface area contributed by atoms with Crippen molar-refractivity contribution in [2.45, 2.75) is 5.85 Å². The summed E-state index contributed by atoms with van der Waals surface area (Å²) in [6.45, 7) is 0.629. The Morgan fingerprint density at radius 1 is 1.43 bits per heavy atom. The second-order valence-corrected chi connectivity index (χ2v) is 9.17. The van der Waals surface area contributed by atoms with E-state index in [-0.39, 0.29) is 5.85 Å². The van der Waals surface area contributed by atoms with Crippen molar-refractivity contribution < 1.29 is 4.74 Å². The molecule has 0 aromatic carbocycles. The molecule has 0 aliphatic carbocycles. The molecular weight excluding hydrogens is 177 g/mol. The van der Waals surface area contributed by atoms with Gasteiger partial charge in [-0.1, -0.05) is 0 Å². The van der Waals surface area contributed by atoms with E-state index in [2.05, 4.69) is 0 Å². The zero-order valence-corrected chi connectivity index (χ0v) is 6.44. The first-order valence-corrected chi connectivity index (χ1v) is 6.27. The molecule has 1 saturated heterocycles. The quantitative estimate of drug-likeness (QED) is 0.446. The van der Waals surface area contributed by atoms with Gasteiger partial charge >= 0.3 is 5.32 Å². The van der Waals surface area contributed by atoms with E-state index in [1.807, 2.05) is 0 Å². The van der Waals surface area contributed by atoms with Crippen LogP contribution < -0.4 is 0 Å². The van der Waals surface area contributed by atoms with Gasteiger partial charge in [-0.2, -0.15) is 0 Å². The number of ether oxygens (including phenoxy) is 1. The Morgan fingerprint density at radius 2 is 1.86 bits per heavy atom. The average molecular weight is 180 g/mol. The minimum absolute atomic E-state index is 0.0440. The molecule has 0 aromatic rings. The van der Waals surface area contributed by atoms with Gasteiger partial charge in [0.25, 0.3) is 0 Å². The molecule has 1 aliphatic rings. The Kier molecular flexibility index (Phi) is 1.73. The molecule has 1 nitrogen and oxygen atoms in total. The summed E-state index contributed by atoms with van der Waals surface area (Å²) < 4.78 is 4.73. The van der Waals surface area contributed by atoms with Gasteiger partial charge in [-0.05, 0) is 0 Å². The van der Waals surface area contributed by atoms with E-state index < -0.39 is 5.32 Å². The molecule has 1 aliphatic heterocycles. The van der Waals surface area contributed by atoms with Gasteiger partial charge in [0.05, 0.1) is 0 Å². The molecule has 0 N–H and O–H groups in total. The summed E-state index contributed by atoms with van der Waals surface area (Å²) in [4.78, 5) is 0. The first-order valence-electron chi connectivity index (χ1n) is 1.70. The molecule has 42 valence electrons. The lowest BCUT2D eigenvalue weighted by molar-refractivity contribution is 0.458. The fourth-order valence-corrected chi connectivity index (χ4v) is 1.65. The first-order chi connectivity index (χ1) is 3.11. The summed E-state index contributed by atoms with van der Waals surface area (Å²) in [6, 6.07) is 0. The average Bonchev–Trinajstić information content (AvgIpc) is 1.99. The maximum absolute atomic E-state index is 5.45. The first kappa shape index (κ1) is 6.38. The maximum Gasteiger partial charge on any atom is 0.339 e. The third-order valence-corrected chi connectivity index (χ3v) is 3.55. The van der Waals surface area contributed by atoms with Crippen molar-refractivity contribution in [2.75, 3.05) is 6.61 Å². The number of hydrogen-bond acceptors (Lipinski definition) is 1. The molecule has 0 spiro atoms. The lowest BCUT2D eigenvalue weighted by Gasteiger charge is -1.88. The third kappa shape index (κ3) is 1.91. The minimum atomic E-state index is -2.18. The number of rotatable bonds is 1. The summed E-state index contributed by atoms with van der Waals surface area (Å²) in [7, 11) is 0. The van der Waals surface area contributed by atoms with E-state index in [1.165, 1.54) is 0 Å². The van der Waals surface area contributed by atoms with Crippen LogP contribution in [0.2, 0.25) is 0 Å². The topological polar surface area (TPSA) is 12.5 Å². The molecule has 0 saturated carbocycles. The van der Waals surface area contributed by atoms with Crippen molar-refractivity contribution in [2.24, 2.45) is 0 Å². The molecule has 5 heteroatoms. The van der Waals surface area contributed by atoms with Gasteiger partial charge in [-0.3, -0.25) is 0 Å². The van der Waals surface area contributed by atoms with Crippen molar-refractivity contribution in [3.63, 3.8) is 0 Å². The maximum atomic E-state index is 5.45. The zero-order valence-electron chi connectivity index (χ0n) is 3.27. The van der Waals surface area contributed by atoms with Crippen LogP contribution in [-0.2, 0) is 4.74 Å². The van der Waals surface area contributed by atoms with Gasteiger partial charge in [0.15, 0.2) is 0 Å². The molecule has 1 fully saturated rings. The standard InChI is InChI=1S/C2H3Cl3OP/c3-7(4,5)2-1-6-2/h2H,1H2/q+1. The summed E-state index contributed by atoms with van der Waals surface area (Å²) in [5, 5.41) is -2.18. The van der Waals surface area contributed by atoms with Crippen molar-refractivity contribution in [1.82, 2.24) is 0 Å². The Hall–Kier alpha value is 1.26. The van der Waals surface area contributed by atoms with Gasteiger partial charge in [0, 0.05) is 0 Å². The second-order valence-electron chi connectivity index (χ2n) is 1.27. The highest BCUT2D eigenvalue weighted by molar-refractivity contribution is 8.33. The van der Waals surface area contributed by atoms with Gasteiger partial charge < -0.3 is 4.74 Å². The van der Waals surface area contributed by atoms with E-state index in [0.717, 1.165) is 0 Å². The fourth-order valence-electron chi connectivity index (χ4n) is 0.212. The van der Waals surface area contributed by atoms with E-state index in [9.17, 15) is 0 Å². The Bertz CT molecular complexity index is 75.5. The van der Waals surface area contributed by atoms with Gasteiger partial charge in [-0.25, -0.2) is 0 Å². The van der Waals surface area contributed by atoms with Crippen LogP contribution in [0.25, 0.3) is 0 Å². The zero-order chi connectivity index (χ0) is 5.49. The molecule has 0 bridgehead atoms. The summed E-state index contributed by atoms with van der Waals surface area (Å²) >= 11 is 16.3. The minimum Gasteiger partial charge on any atom is -0.331 e. The smallest absolute Gasteiger partial charge is 0.331 e. The normalized spacial score (nSPS) is 30.4. The van der Waals surface area contributed by atoms with Crippen LogP contribution in [0.4, 0.5) is 0 Å². The predicted molar refractivity (Wildman–Crippen MR) is 34.2 cm³/mol. The molecule has 1 heterocycles. The lowest BCUT2D eigenvalue weighted by atomic mass is 11.0. The van der Waals surface area contributed by atoms with Crippen LogP contribution in [0, 0.1) is 0 Å². The molecule has 1 unspecified atom stereocenters. The van der Waals surface area contributed by atoms with Crippen molar-refractivity contribution >= 4 is 39.0 Å². The molecule has 1 atom stereocenters. The van der Waals surface area contributed by atoms with Crippen molar-refractivity contribution in [3.8, 4) is 0 Å². The fraction of sp³-hybridized carbons (Fsp3) is 1.00. The van der Waals surface area contributed by atoms with Crippen molar-refractivity contribution in [1.29, 1.82) is 0 Å².